The quantitative estimate of drug-likeness (QED) is 0.669. The number of primary amides is 1. The van der Waals surface area contributed by atoms with Gasteiger partial charge in [-0.25, -0.2) is 4.98 Å². The zero-order chi connectivity index (χ0) is 14.4. The molecule has 7 nitrogen and oxygen atoms in total. The van der Waals surface area contributed by atoms with Crippen molar-refractivity contribution >= 4 is 17.5 Å². The molecule has 0 saturated carbocycles. The summed E-state index contributed by atoms with van der Waals surface area (Å²) in [6.07, 6.45) is 1.26. The van der Waals surface area contributed by atoms with Crippen molar-refractivity contribution < 1.29 is 14.3 Å². The first kappa shape index (κ1) is 14.9. The Labute approximate surface area is 111 Å². The molecule has 1 heterocycles. The molecule has 1 unspecified atom stereocenters. The maximum Gasteiger partial charge on any atom is 0.241 e. The molecule has 1 aromatic heterocycles. The largest absolute Gasteiger partial charge is 0.473 e. The Morgan fingerprint density at radius 1 is 1.47 bits per heavy atom. The monoisotopic (exact) mass is 266 g/mol. The molecule has 0 bridgehead atoms. The van der Waals surface area contributed by atoms with Gasteiger partial charge in [0.05, 0.1) is 18.6 Å². The van der Waals surface area contributed by atoms with E-state index in [9.17, 15) is 9.59 Å². The average Bonchev–Trinajstić information content (AvgIpc) is 2.30. The van der Waals surface area contributed by atoms with Crippen molar-refractivity contribution in [1.29, 1.82) is 0 Å². The van der Waals surface area contributed by atoms with Crippen molar-refractivity contribution in [3.05, 3.63) is 18.3 Å². The highest BCUT2D eigenvalue weighted by molar-refractivity contribution is 5.97. The summed E-state index contributed by atoms with van der Waals surface area (Å²) in [4.78, 5) is 26.5. The van der Waals surface area contributed by atoms with Gasteiger partial charge in [0, 0.05) is 6.20 Å². The molecule has 0 aliphatic heterocycles. The second-order valence-electron chi connectivity index (χ2n) is 4.29. The molecule has 0 saturated heterocycles. The van der Waals surface area contributed by atoms with Crippen molar-refractivity contribution in [3.63, 3.8) is 0 Å². The summed E-state index contributed by atoms with van der Waals surface area (Å²) in [6.45, 7) is 3.69. The lowest BCUT2D eigenvalue weighted by atomic mass is 10.2. The van der Waals surface area contributed by atoms with Crippen LogP contribution in [0.4, 0.5) is 5.69 Å². The zero-order valence-corrected chi connectivity index (χ0v) is 10.9. The predicted molar refractivity (Wildman–Crippen MR) is 70.4 cm³/mol. The van der Waals surface area contributed by atoms with Crippen LogP contribution < -0.4 is 21.5 Å². The van der Waals surface area contributed by atoms with Crippen molar-refractivity contribution in [1.82, 2.24) is 4.98 Å². The molecule has 0 radical (unpaired) electrons. The van der Waals surface area contributed by atoms with E-state index in [1.165, 1.54) is 0 Å². The number of aromatic nitrogens is 1. The van der Waals surface area contributed by atoms with Crippen molar-refractivity contribution in [2.24, 2.45) is 11.5 Å². The predicted octanol–water partition coefficient (Wildman–Crippen LogP) is 0.0100. The van der Waals surface area contributed by atoms with Gasteiger partial charge in [0.25, 0.3) is 0 Å². The number of nitrogens with two attached hydrogens (primary N) is 2. The van der Waals surface area contributed by atoms with Crippen LogP contribution in [-0.2, 0) is 9.59 Å². The van der Waals surface area contributed by atoms with Gasteiger partial charge < -0.3 is 21.5 Å². The summed E-state index contributed by atoms with van der Waals surface area (Å²) < 4.78 is 5.45. The minimum absolute atomic E-state index is 0.0788. The van der Waals surface area contributed by atoms with E-state index in [0.717, 1.165) is 0 Å². The summed E-state index contributed by atoms with van der Waals surface area (Å²) in [6, 6.07) is 2.30. The van der Waals surface area contributed by atoms with Crippen LogP contribution >= 0.6 is 0 Å². The van der Waals surface area contributed by atoms with Gasteiger partial charge in [0.2, 0.25) is 17.7 Å². The smallest absolute Gasteiger partial charge is 0.241 e. The van der Waals surface area contributed by atoms with Crippen LogP contribution in [0, 0.1) is 0 Å². The van der Waals surface area contributed by atoms with Crippen molar-refractivity contribution in [2.45, 2.75) is 32.4 Å². The minimum Gasteiger partial charge on any atom is -0.473 e. The van der Waals surface area contributed by atoms with Crippen molar-refractivity contribution in [2.75, 3.05) is 5.32 Å². The second kappa shape index (κ2) is 6.69. The summed E-state index contributed by atoms with van der Waals surface area (Å²) in [5, 5.41) is 2.56. The summed E-state index contributed by atoms with van der Waals surface area (Å²) >= 11 is 0. The number of rotatable bonds is 6. The molecule has 0 aliphatic carbocycles. The average molecular weight is 266 g/mol. The highest BCUT2D eigenvalue weighted by Gasteiger charge is 2.18. The molecule has 0 fully saturated rings. The van der Waals surface area contributed by atoms with E-state index in [-0.39, 0.29) is 12.5 Å². The molecule has 5 N–H and O–H groups in total. The van der Waals surface area contributed by atoms with E-state index in [4.69, 9.17) is 16.2 Å². The number of nitrogens with zero attached hydrogens (tertiary/aromatic N) is 1. The topological polar surface area (TPSA) is 120 Å². The Morgan fingerprint density at radius 3 is 2.74 bits per heavy atom. The maximum absolute atomic E-state index is 11.8. The van der Waals surface area contributed by atoms with E-state index >= 15 is 0 Å². The Kier molecular flexibility index (Phi) is 5.25. The first-order chi connectivity index (χ1) is 8.90. The molecular weight excluding hydrogens is 248 g/mol. The Morgan fingerprint density at radius 2 is 2.16 bits per heavy atom. The third-order valence-corrected chi connectivity index (χ3v) is 2.13. The van der Waals surface area contributed by atoms with Gasteiger partial charge in [-0.3, -0.25) is 9.59 Å². The first-order valence-corrected chi connectivity index (χ1v) is 5.86. The van der Waals surface area contributed by atoms with Gasteiger partial charge in [-0.05, 0) is 26.0 Å². The van der Waals surface area contributed by atoms with Gasteiger partial charge in [-0.2, -0.15) is 0 Å². The highest BCUT2D eigenvalue weighted by atomic mass is 16.5. The van der Waals surface area contributed by atoms with Crippen molar-refractivity contribution in [3.8, 4) is 5.88 Å². The lowest BCUT2D eigenvalue weighted by Gasteiger charge is -2.15. The molecule has 0 aliphatic rings. The van der Waals surface area contributed by atoms with E-state index in [2.05, 4.69) is 10.3 Å². The molecule has 2 amide bonds. The Bertz CT molecular complexity index is 462. The summed E-state index contributed by atoms with van der Waals surface area (Å²) in [5.74, 6) is -0.843. The number of pyridine rings is 1. The Hall–Kier alpha value is -2.15. The molecule has 1 rings (SSSR count). The third-order valence-electron chi connectivity index (χ3n) is 2.13. The molecule has 0 spiro atoms. The molecule has 19 heavy (non-hydrogen) atoms. The SMILES string of the molecule is CC(C)Oc1ncccc1NC(=O)C(N)CC(N)=O. The normalized spacial score (nSPS) is 12.0. The summed E-state index contributed by atoms with van der Waals surface area (Å²) in [7, 11) is 0. The number of hydrogen-bond donors (Lipinski definition) is 3. The van der Waals surface area contributed by atoms with E-state index in [1.807, 2.05) is 13.8 Å². The number of nitrogens with one attached hydrogen (secondary N) is 1. The lowest BCUT2D eigenvalue weighted by molar-refractivity contribution is -0.123. The molecule has 0 aromatic carbocycles. The van der Waals surface area contributed by atoms with E-state index < -0.39 is 17.9 Å². The maximum atomic E-state index is 11.8. The second-order valence-corrected chi connectivity index (χ2v) is 4.29. The first-order valence-electron chi connectivity index (χ1n) is 5.86. The molecule has 104 valence electrons. The number of carbonyl (C=O) groups is 2. The number of carbonyl (C=O) groups excluding carboxylic acids is 2. The van der Waals surface area contributed by atoms with Crippen LogP contribution in [0.5, 0.6) is 5.88 Å². The van der Waals surface area contributed by atoms with Crippen LogP contribution in [-0.4, -0.2) is 28.9 Å². The molecular formula is C12H18N4O3. The van der Waals surface area contributed by atoms with Gasteiger partial charge in [-0.15, -0.1) is 0 Å². The van der Waals surface area contributed by atoms with E-state index in [0.29, 0.717) is 11.6 Å². The van der Waals surface area contributed by atoms with Crippen LogP contribution in [0.25, 0.3) is 0 Å². The standard InChI is InChI=1S/C12H18N4O3/c1-7(2)19-12-9(4-3-5-15-12)16-11(18)8(13)6-10(14)17/h3-5,7-8H,6,13H2,1-2H3,(H2,14,17)(H,16,18). The molecule has 1 atom stereocenters. The van der Waals surface area contributed by atoms with E-state index in [1.54, 1.807) is 18.3 Å². The van der Waals surface area contributed by atoms with Crippen LogP contribution in [0.1, 0.15) is 20.3 Å². The Balaban J connectivity index is 2.76. The number of amides is 2. The van der Waals surface area contributed by atoms with Crippen LogP contribution in [0.15, 0.2) is 18.3 Å². The fraction of sp³-hybridized carbons (Fsp3) is 0.417. The highest BCUT2D eigenvalue weighted by Crippen LogP contribution is 2.21. The molecule has 7 heteroatoms. The fourth-order valence-corrected chi connectivity index (χ4v) is 1.34. The zero-order valence-electron chi connectivity index (χ0n) is 10.9. The summed E-state index contributed by atoms with van der Waals surface area (Å²) in [5.41, 5.74) is 10.9. The lowest BCUT2D eigenvalue weighted by Crippen LogP contribution is -2.39. The number of hydrogen-bond acceptors (Lipinski definition) is 5. The molecule has 1 aromatic rings. The van der Waals surface area contributed by atoms with Gasteiger partial charge >= 0.3 is 0 Å². The van der Waals surface area contributed by atoms with Gasteiger partial charge in [0.1, 0.15) is 5.69 Å². The minimum atomic E-state index is -0.996. The fourth-order valence-electron chi connectivity index (χ4n) is 1.34. The number of anilines is 1. The van der Waals surface area contributed by atoms with Crippen LogP contribution in [0.3, 0.4) is 0 Å². The van der Waals surface area contributed by atoms with Crippen LogP contribution in [0.2, 0.25) is 0 Å². The number of ether oxygens (including phenoxy) is 1. The van der Waals surface area contributed by atoms with Gasteiger partial charge in [-0.1, -0.05) is 0 Å². The van der Waals surface area contributed by atoms with Gasteiger partial charge in [0.15, 0.2) is 0 Å². The third kappa shape index (κ3) is 4.92.